The summed E-state index contributed by atoms with van der Waals surface area (Å²) >= 11 is 0. The molecule has 1 fully saturated rings. The van der Waals surface area contributed by atoms with Gasteiger partial charge in [-0.15, -0.1) is 0 Å². The Labute approximate surface area is 210 Å². The van der Waals surface area contributed by atoms with Gasteiger partial charge in [-0.25, -0.2) is 0 Å². The first-order chi connectivity index (χ1) is 17.3. The number of halogens is 3. The Bertz CT molecular complexity index is 1050. The van der Waals surface area contributed by atoms with E-state index in [0.29, 0.717) is 24.4 Å². The summed E-state index contributed by atoms with van der Waals surface area (Å²) in [5.74, 6) is 0.137. The second kappa shape index (κ2) is 11.4. The molecule has 4 rings (SSSR count). The smallest absolute Gasteiger partial charge is 0.416 e. The summed E-state index contributed by atoms with van der Waals surface area (Å²) in [7, 11) is 1.80. The van der Waals surface area contributed by atoms with E-state index in [9.17, 15) is 22.8 Å². The van der Waals surface area contributed by atoms with Crippen LogP contribution in [0.4, 0.5) is 13.2 Å². The second-order valence-electron chi connectivity index (χ2n) is 9.72. The van der Waals surface area contributed by atoms with E-state index in [1.807, 2.05) is 12.1 Å². The molecule has 0 unspecified atom stereocenters. The van der Waals surface area contributed by atoms with Crippen LogP contribution in [0.15, 0.2) is 48.5 Å². The molecule has 0 bridgehead atoms. The average Bonchev–Trinajstić information content (AvgIpc) is 2.87. The number of ether oxygens (including phenoxy) is 1. The number of nitrogens with zero attached hydrogens (tertiary/aromatic N) is 2. The van der Waals surface area contributed by atoms with E-state index in [-0.39, 0.29) is 29.5 Å². The zero-order valence-corrected chi connectivity index (χ0v) is 20.6. The van der Waals surface area contributed by atoms with Crippen LogP contribution in [-0.2, 0) is 6.18 Å². The summed E-state index contributed by atoms with van der Waals surface area (Å²) in [6.07, 6.45) is 2.05. The van der Waals surface area contributed by atoms with Crippen molar-refractivity contribution in [3.63, 3.8) is 0 Å². The largest absolute Gasteiger partial charge is 0.487 e. The molecule has 2 aromatic rings. The number of benzene rings is 2. The lowest BCUT2D eigenvalue weighted by molar-refractivity contribution is -0.137. The van der Waals surface area contributed by atoms with Crippen LogP contribution < -0.4 is 4.74 Å². The maximum atomic E-state index is 13.6. The average molecular weight is 503 g/mol. The Morgan fingerprint density at radius 3 is 2.28 bits per heavy atom. The molecular weight excluding hydrogens is 469 g/mol. The third-order valence-electron chi connectivity index (χ3n) is 7.17. The lowest BCUT2D eigenvalue weighted by Crippen LogP contribution is -2.51. The van der Waals surface area contributed by atoms with Crippen molar-refractivity contribution in [2.45, 2.75) is 69.7 Å². The van der Waals surface area contributed by atoms with Crippen molar-refractivity contribution in [3.05, 3.63) is 65.2 Å². The molecule has 36 heavy (non-hydrogen) atoms. The molecule has 2 aliphatic rings. The maximum absolute atomic E-state index is 13.6. The molecule has 8 heteroatoms. The molecule has 1 heterocycles. The van der Waals surface area contributed by atoms with E-state index in [4.69, 9.17) is 4.74 Å². The van der Waals surface area contributed by atoms with E-state index in [1.165, 1.54) is 12.1 Å². The third-order valence-corrected chi connectivity index (χ3v) is 7.17. The van der Waals surface area contributed by atoms with Crippen molar-refractivity contribution in [1.29, 1.82) is 0 Å². The van der Waals surface area contributed by atoms with Gasteiger partial charge in [-0.1, -0.05) is 31.4 Å². The number of alkyl halides is 3. The lowest BCUT2D eigenvalue weighted by atomic mass is 9.90. The SMILES string of the molecule is CN1CCCCCCN(C(=O)c2ccc(C(F)(F)F)cc2)[C@@H]2CCCC[C@@H]2Oc2ccccc2C1=O. The molecule has 1 aliphatic heterocycles. The van der Waals surface area contributed by atoms with Gasteiger partial charge < -0.3 is 14.5 Å². The van der Waals surface area contributed by atoms with Gasteiger partial charge >= 0.3 is 6.18 Å². The molecule has 194 valence electrons. The van der Waals surface area contributed by atoms with Gasteiger partial charge in [0.25, 0.3) is 11.8 Å². The molecule has 5 nitrogen and oxygen atoms in total. The fourth-order valence-corrected chi connectivity index (χ4v) is 5.16. The summed E-state index contributed by atoms with van der Waals surface area (Å²) in [6.45, 7) is 1.15. The van der Waals surface area contributed by atoms with E-state index in [1.54, 1.807) is 29.0 Å². The Morgan fingerprint density at radius 2 is 1.56 bits per heavy atom. The number of para-hydroxylation sites is 1. The summed E-state index contributed by atoms with van der Waals surface area (Å²) < 4.78 is 45.6. The van der Waals surface area contributed by atoms with Crippen LogP contribution in [0.1, 0.15) is 77.6 Å². The van der Waals surface area contributed by atoms with Gasteiger partial charge in [0, 0.05) is 25.7 Å². The highest BCUT2D eigenvalue weighted by Gasteiger charge is 2.36. The van der Waals surface area contributed by atoms with Crippen LogP contribution in [-0.4, -0.2) is 53.9 Å². The monoisotopic (exact) mass is 502 g/mol. The van der Waals surface area contributed by atoms with Gasteiger partial charge in [0.2, 0.25) is 0 Å². The maximum Gasteiger partial charge on any atom is 0.416 e. The number of fused-ring (bicyclic) bond motifs is 2. The van der Waals surface area contributed by atoms with Crippen molar-refractivity contribution in [1.82, 2.24) is 9.80 Å². The normalized spacial score (nSPS) is 22.2. The predicted molar refractivity (Wildman–Crippen MR) is 131 cm³/mol. The number of carbonyl (C=O) groups excluding carboxylic acids is 2. The van der Waals surface area contributed by atoms with Gasteiger partial charge in [-0.05, 0) is 68.5 Å². The van der Waals surface area contributed by atoms with Gasteiger partial charge in [-0.3, -0.25) is 9.59 Å². The van der Waals surface area contributed by atoms with Crippen LogP contribution in [0.2, 0.25) is 0 Å². The topological polar surface area (TPSA) is 49.9 Å². The highest BCUT2D eigenvalue weighted by Crippen LogP contribution is 2.32. The van der Waals surface area contributed by atoms with Gasteiger partial charge in [0.15, 0.2) is 0 Å². The highest BCUT2D eigenvalue weighted by molar-refractivity contribution is 5.97. The minimum atomic E-state index is -4.45. The summed E-state index contributed by atoms with van der Waals surface area (Å²) in [5, 5.41) is 0. The zero-order valence-electron chi connectivity index (χ0n) is 20.6. The van der Waals surface area contributed by atoms with Crippen molar-refractivity contribution < 1.29 is 27.5 Å². The zero-order chi connectivity index (χ0) is 25.7. The summed E-state index contributed by atoms with van der Waals surface area (Å²) in [4.78, 5) is 30.3. The standard InChI is InChI=1S/C28H33F3N2O3/c1-32-18-8-2-3-9-19-33(26(34)20-14-16-21(17-15-20)28(29,30)31)23-11-5-7-13-25(23)36-24-12-6-4-10-22(24)27(32)35/h4,6,10,12,14-17,23,25H,2-3,5,7-9,11,13,18-19H2,1H3/t23-,25+/m1/s1. The molecule has 0 aromatic heterocycles. The van der Waals surface area contributed by atoms with Crippen molar-refractivity contribution in [2.75, 3.05) is 20.1 Å². The van der Waals surface area contributed by atoms with Crippen LogP contribution >= 0.6 is 0 Å². The van der Waals surface area contributed by atoms with E-state index in [0.717, 1.165) is 63.5 Å². The molecule has 0 spiro atoms. The van der Waals surface area contributed by atoms with Crippen LogP contribution in [0.5, 0.6) is 5.75 Å². The molecular formula is C28H33F3N2O3. The van der Waals surface area contributed by atoms with Gasteiger partial charge in [0.1, 0.15) is 11.9 Å². The fourth-order valence-electron chi connectivity index (χ4n) is 5.16. The van der Waals surface area contributed by atoms with Crippen LogP contribution in [0.3, 0.4) is 0 Å². The van der Waals surface area contributed by atoms with Crippen LogP contribution in [0.25, 0.3) is 0 Å². The number of hydrogen-bond acceptors (Lipinski definition) is 3. The Kier molecular flexibility index (Phi) is 8.21. The first-order valence-corrected chi connectivity index (χ1v) is 12.7. The second-order valence-corrected chi connectivity index (χ2v) is 9.72. The van der Waals surface area contributed by atoms with E-state index >= 15 is 0 Å². The highest BCUT2D eigenvalue weighted by atomic mass is 19.4. The number of carbonyl (C=O) groups is 2. The van der Waals surface area contributed by atoms with Crippen molar-refractivity contribution >= 4 is 11.8 Å². The summed E-state index contributed by atoms with van der Waals surface area (Å²) in [6, 6.07) is 11.4. The molecule has 0 saturated heterocycles. The number of hydrogen-bond donors (Lipinski definition) is 0. The Morgan fingerprint density at radius 1 is 0.889 bits per heavy atom. The van der Waals surface area contributed by atoms with Gasteiger partial charge in [-0.2, -0.15) is 13.2 Å². The molecule has 2 amide bonds. The Hall–Kier alpha value is -3.03. The predicted octanol–water partition coefficient (Wildman–Crippen LogP) is 6.18. The molecule has 1 aliphatic carbocycles. The first-order valence-electron chi connectivity index (χ1n) is 12.7. The van der Waals surface area contributed by atoms with Crippen molar-refractivity contribution in [2.24, 2.45) is 0 Å². The molecule has 2 atom stereocenters. The van der Waals surface area contributed by atoms with Crippen LogP contribution in [0, 0.1) is 0 Å². The minimum Gasteiger partial charge on any atom is -0.487 e. The number of amides is 2. The Balaban J connectivity index is 1.65. The molecule has 0 radical (unpaired) electrons. The fraction of sp³-hybridized carbons (Fsp3) is 0.500. The summed E-state index contributed by atoms with van der Waals surface area (Å²) in [5.41, 5.74) is -0.0298. The van der Waals surface area contributed by atoms with Crippen molar-refractivity contribution in [3.8, 4) is 5.75 Å². The molecule has 2 aromatic carbocycles. The van der Waals surface area contributed by atoms with E-state index in [2.05, 4.69) is 0 Å². The third kappa shape index (κ3) is 6.02. The molecule has 1 saturated carbocycles. The first kappa shape index (κ1) is 26.0. The number of rotatable bonds is 1. The quantitative estimate of drug-likeness (QED) is 0.468. The van der Waals surface area contributed by atoms with E-state index < -0.39 is 11.7 Å². The van der Waals surface area contributed by atoms with Gasteiger partial charge in [0.05, 0.1) is 17.2 Å². The molecule has 0 N–H and O–H groups in total. The lowest BCUT2D eigenvalue weighted by Gasteiger charge is -2.40. The minimum absolute atomic E-state index is 0.0901.